The summed E-state index contributed by atoms with van der Waals surface area (Å²) in [6.07, 6.45) is 9.56. The predicted octanol–water partition coefficient (Wildman–Crippen LogP) is 2.60. The maximum atomic E-state index is 12.1. The average molecular weight is 410 g/mol. The number of cyclic esters (lactones) is 1. The maximum absolute atomic E-state index is 12.1. The van der Waals surface area contributed by atoms with Gasteiger partial charge in [-0.1, -0.05) is 11.6 Å². The number of carbonyl (C=O) groups excluding carboxylic acids is 2. The van der Waals surface area contributed by atoms with E-state index < -0.39 is 12.1 Å². The molecule has 3 aliphatic rings. The van der Waals surface area contributed by atoms with Gasteiger partial charge in [0.2, 0.25) is 0 Å². The summed E-state index contributed by atoms with van der Waals surface area (Å²) in [5.41, 5.74) is 1.54. The molecule has 1 N–H and O–H groups in total. The highest BCUT2D eigenvalue weighted by Gasteiger charge is 2.44. The first-order valence-corrected chi connectivity index (χ1v) is 10.8. The summed E-state index contributed by atoms with van der Waals surface area (Å²) in [6.45, 7) is 4.53. The molecule has 0 radical (unpaired) electrons. The number of nitrogens with one attached hydrogen (secondary N) is 1. The van der Waals surface area contributed by atoms with Crippen LogP contribution in [0.5, 0.6) is 0 Å². The largest absolute Gasteiger partial charge is 0.464 e. The minimum atomic E-state index is -0.627. The highest BCUT2D eigenvalue weighted by molar-refractivity contribution is 7.80. The van der Waals surface area contributed by atoms with Crippen molar-refractivity contribution < 1.29 is 19.1 Å². The molecule has 2 saturated heterocycles. The van der Waals surface area contributed by atoms with Gasteiger partial charge in [-0.15, -0.1) is 0 Å². The van der Waals surface area contributed by atoms with E-state index in [0.717, 1.165) is 44.0 Å². The third-order valence-corrected chi connectivity index (χ3v) is 6.12. The van der Waals surface area contributed by atoms with Crippen molar-refractivity contribution in [3.8, 4) is 0 Å². The van der Waals surface area contributed by atoms with E-state index in [1.807, 2.05) is 0 Å². The van der Waals surface area contributed by atoms with Gasteiger partial charge in [-0.05, 0) is 64.1 Å². The molecule has 0 bridgehead atoms. The minimum absolute atomic E-state index is 0.0177. The molecule has 0 aromatic carbocycles. The zero-order chi connectivity index (χ0) is 19.9. The molecule has 8 heteroatoms. The topological polar surface area (TPSA) is 71.1 Å². The molecular weight excluding hydrogens is 378 g/mol. The van der Waals surface area contributed by atoms with Gasteiger partial charge in [0.15, 0.2) is 11.2 Å². The molecule has 2 heterocycles. The molecule has 2 fully saturated rings. The summed E-state index contributed by atoms with van der Waals surface area (Å²) < 4.78 is 10.2. The van der Waals surface area contributed by atoms with Crippen LogP contribution in [0.15, 0.2) is 11.6 Å². The van der Waals surface area contributed by atoms with E-state index in [4.69, 9.17) is 21.7 Å². The molecule has 0 saturated carbocycles. The van der Waals surface area contributed by atoms with Gasteiger partial charge in [0.1, 0.15) is 6.61 Å². The summed E-state index contributed by atoms with van der Waals surface area (Å²) in [5, 5.41) is 4.15. The second-order valence-electron chi connectivity index (χ2n) is 7.56. The van der Waals surface area contributed by atoms with E-state index in [-0.39, 0.29) is 18.6 Å². The number of rotatable bonds is 6. The SMILES string of the molecule is CCOC(=O)[C@@H]1COC(=O)N1C1CCN(C(=S)NCCC2=CCCCC2)CC1. The summed E-state index contributed by atoms with van der Waals surface area (Å²) in [5.74, 6) is -0.384. The molecule has 28 heavy (non-hydrogen) atoms. The van der Waals surface area contributed by atoms with Crippen molar-refractivity contribution in [1.82, 2.24) is 15.1 Å². The predicted molar refractivity (Wildman–Crippen MR) is 110 cm³/mol. The molecular formula is C20H31N3O4S. The molecule has 7 nitrogen and oxygen atoms in total. The van der Waals surface area contributed by atoms with E-state index in [1.54, 1.807) is 11.8 Å². The van der Waals surface area contributed by atoms with E-state index in [1.165, 1.54) is 31.3 Å². The molecule has 3 rings (SSSR count). The Labute approximate surface area is 172 Å². The van der Waals surface area contributed by atoms with Gasteiger partial charge in [0, 0.05) is 25.7 Å². The lowest BCUT2D eigenvalue weighted by Gasteiger charge is -2.38. The van der Waals surface area contributed by atoms with Crippen LogP contribution in [-0.2, 0) is 14.3 Å². The van der Waals surface area contributed by atoms with Crippen molar-refractivity contribution in [3.05, 3.63) is 11.6 Å². The molecule has 1 amide bonds. The zero-order valence-corrected chi connectivity index (χ0v) is 17.5. The van der Waals surface area contributed by atoms with Crippen LogP contribution in [0.1, 0.15) is 51.9 Å². The molecule has 156 valence electrons. The maximum Gasteiger partial charge on any atom is 0.410 e. The molecule has 2 aliphatic heterocycles. The van der Waals surface area contributed by atoms with Crippen LogP contribution in [0.3, 0.4) is 0 Å². The summed E-state index contributed by atoms with van der Waals surface area (Å²) in [4.78, 5) is 28.0. The second-order valence-corrected chi connectivity index (χ2v) is 7.95. The number of carbonyl (C=O) groups is 2. The Hall–Kier alpha value is -1.83. The van der Waals surface area contributed by atoms with E-state index in [9.17, 15) is 9.59 Å². The number of thiocarbonyl (C=S) groups is 1. The van der Waals surface area contributed by atoms with Crippen molar-refractivity contribution >= 4 is 29.4 Å². The fraction of sp³-hybridized carbons (Fsp3) is 0.750. The number of esters is 1. The van der Waals surface area contributed by atoms with Crippen LogP contribution in [0, 0.1) is 0 Å². The summed E-state index contributed by atoms with van der Waals surface area (Å²) >= 11 is 5.55. The van der Waals surface area contributed by atoms with Gasteiger partial charge in [0.05, 0.1) is 6.61 Å². The molecule has 0 aromatic rings. The minimum Gasteiger partial charge on any atom is -0.464 e. The highest BCUT2D eigenvalue weighted by Crippen LogP contribution is 2.25. The molecule has 1 atom stereocenters. The number of likely N-dealkylation sites (tertiary alicyclic amines) is 1. The monoisotopic (exact) mass is 409 g/mol. The first-order valence-electron chi connectivity index (χ1n) is 10.4. The Morgan fingerprint density at radius 2 is 2.14 bits per heavy atom. The molecule has 0 aromatic heterocycles. The van der Waals surface area contributed by atoms with Crippen molar-refractivity contribution in [2.24, 2.45) is 0 Å². The number of hydrogen-bond acceptors (Lipinski definition) is 5. The van der Waals surface area contributed by atoms with E-state index >= 15 is 0 Å². The Balaban J connectivity index is 1.44. The van der Waals surface area contributed by atoms with E-state index in [2.05, 4.69) is 16.3 Å². The molecule has 0 spiro atoms. The number of ether oxygens (including phenoxy) is 2. The van der Waals surface area contributed by atoms with Crippen molar-refractivity contribution in [2.75, 3.05) is 32.8 Å². The van der Waals surface area contributed by atoms with Gasteiger partial charge < -0.3 is 19.7 Å². The van der Waals surface area contributed by atoms with Crippen LogP contribution >= 0.6 is 12.2 Å². The third-order valence-electron chi connectivity index (χ3n) is 5.72. The number of hydrogen-bond donors (Lipinski definition) is 1. The van der Waals surface area contributed by atoms with Crippen LogP contribution < -0.4 is 5.32 Å². The number of nitrogens with zero attached hydrogens (tertiary/aromatic N) is 2. The fourth-order valence-electron chi connectivity index (χ4n) is 4.18. The Morgan fingerprint density at radius 1 is 1.36 bits per heavy atom. The number of amides is 1. The average Bonchev–Trinajstić information content (AvgIpc) is 3.10. The normalized spacial score (nSPS) is 23.2. The highest BCUT2D eigenvalue weighted by atomic mass is 32.1. The second kappa shape index (κ2) is 10.1. The van der Waals surface area contributed by atoms with Gasteiger partial charge >= 0.3 is 12.1 Å². The van der Waals surface area contributed by atoms with Crippen molar-refractivity contribution in [1.29, 1.82) is 0 Å². The lowest BCUT2D eigenvalue weighted by Crippen LogP contribution is -2.53. The van der Waals surface area contributed by atoms with Crippen molar-refractivity contribution in [3.63, 3.8) is 0 Å². The first kappa shape index (κ1) is 20.9. The molecule has 1 aliphatic carbocycles. The van der Waals surface area contributed by atoms with Gasteiger partial charge in [-0.25, -0.2) is 9.59 Å². The summed E-state index contributed by atoms with van der Waals surface area (Å²) in [7, 11) is 0. The van der Waals surface area contributed by atoms with Gasteiger partial charge in [-0.2, -0.15) is 0 Å². The van der Waals surface area contributed by atoms with Gasteiger partial charge in [-0.3, -0.25) is 4.90 Å². The Bertz CT molecular complexity index is 617. The lowest BCUT2D eigenvalue weighted by atomic mass is 9.97. The van der Waals surface area contributed by atoms with Crippen LogP contribution in [0.25, 0.3) is 0 Å². The van der Waals surface area contributed by atoms with Gasteiger partial charge in [0.25, 0.3) is 0 Å². The Morgan fingerprint density at radius 3 is 2.82 bits per heavy atom. The first-order chi connectivity index (χ1) is 13.6. The van der Waals surface area contributed by atoms with Crippen molar-refractivity contribution in [2.45, 2.75) is 64.0 Å². The van der Waals surface area contributed by atoms with Crippen LogP contribution in [0.4, 0.5) is 4.79 Å². The number of piperidine rings is 1. The third kappa shape index (κ3) is 5.16. The standard InChI is InChI=1S/C20H31N3O4S/c1-2-26-18(24)17-14-27-20(25)23(17)16-9-12-22(13-10-16)19(28)21-11-8-15-6-4-3-5-7-15/h6,16-17H,2-5,7-14H2,1H3,(H,21,28)/t17-/m0/s1. The van der Waals surface area contributed by atoms with E-state index in [0.29, 0.717) is 6.61 Å². The smallest absolute Gasteiger partial charge is 0.410 e. The Kier molecular flexibility index (Phi) is 7.53. The zero-order valence-electron chi connectivity index (χ0n) is 16.7. The van der Waals surface area contributed by atoms with Crippen LogP contribution in [-0.4, -0.2) is 71.9 Å². The summed E-state index contributed by atoms with van der Waals surface area (Å²) in [6, 6.07) is -0.645. The molecule has 0 unspecified atom stereocenters. The number of allylic oxidation sites excluding steroid dienone is 1. The quantitative estimate of drug-likeness (QED) is 0.411. The lowest BCUT2D eigenvalue weighted by molar-refractivity contribution is -0.148. The fourth-order valence-corrected chi connectivity index (χ4v) is 4.46. The van der Waals surface area contributed by atoms with Crippen LogP contribution in [0.2, 0.25) is 0 Å².